The second-order valence-electron chi connectivity index (χ2n) is 7.97. The summed E-state index contributed by atoms with van der Waals surface area (Å²) in [6, 6.07) is 23.6. The predicted octanol–water partition coefficient (Wildman–Crippen LogP) is 5.76. The van der Waals surface area contributed by atoms with Gasteiger partial charge < -0.3 is 4.90 Å². The van der Waals surface area contributed by atoms with E-state index < -0.39 is 0 Å². The molecule has 3 heteroatoms. The Hall–Kier alpha value is -3.46. The standard InChI is InChI=1S/C27H25NO2/c1-18-11-13-21(14-12-18)26-23(15-16-25(29)22-9-6-7-19(2)17-22)27(30)28(26)24-10-5-4-8-20(24)3/h4-17,23,26H,1-3H3/b16-15+/t23-,26-/m1/s1. The van der Waals surface area contributed by atoms with Crippen LogP contribution in [-0.4, -0.2) is 11.7 Å². The quantitative estimate of drug-likeness (QED) is 0.313. The molecule has 0 saturated carbocycles. The molecule has 0 aromatic heterocycles. The zero-order chi connectivity index (χ0) is 21.3. The van der Waals surface area contributed by atoms with Gasteiger partial charge in [0.1, 0.15) is 0 Å². The largest absolute Gasteiger partial charge is 0.303 e. The van der Waals surface area contributed by atoms with Gasteiger partial charge >= 0.3 is 0 Å². The fourth-order valence-corrected chi connectivity index (χ4v) is 4.01. The molecule has 0 radical (unpaired) electrons. The van der Waals surface area contributed by atoms with Gasteiger partial charge in [-0.3, -0.25) is 9.59 Å². The van der Waals surface area contributed by atoms with E-state index in [9.17, 15) is 9.59 Å². The molecule has 0 spiro atoms. The van der Waals surface area contributed by atoms with Gasteiger partial charge in [0.25, 0.3) is 0 Å². The summed E-state index contributed by atoms with van der Waals surface area (Å²) in [4.78, 5) is 27.6. The maximum atomic E-state index is 13.1. The smallest absolute Gasteiger partial charge is 0.237 e. The van der Waals surface area contributed by atoms with Gasteiger partial charge in [0.15, 0.2) is 5.78 Å². The first-order valence-corrected chi connectivity index (χ1v) is 10.2. The normalized spacial score (nSPS) is 18.5. The van der Waals surface area contributed by atoms with Gasteiger partial charge in [0.2, 0.25) is 5.91 Å². The summed E-state index contributed by atoms with van der Waals surface area (Å²) in [5.41, 5.74) is 5.90. The van der Waals surface area contributed by atoms with Crippen LogP contribution in [0.2, 0.25) is 0 Å². The van der Waals surface area contributed by atoms with Crippen molar-refractivity contribution in [2.45, 2.75) is 26.8 Å². The van der Waals surface area contributed by atoms with Crippen molar-refractivity contribution in [2.24, 2.45) is 5.92 Å². The summed E-state index contributed by atoms with van der Waals surface area (Å²) in [6.45, 7) is 6.02. The Morgan fingerprint density at radius 1 is 0.867 bits per heavy atom. The van der Waals surface area contributed by atoms with E-state index in [-0.39, 0.29) is 23.7 Å². The van der Waals surface area contributed by atoms with Gasteiger partial charge in [0, 0.05) is 11.3 Å². The van der Waals surface area contributed by atoms with Crippen molar-refractivity contribution < 1.29 is 9.59 Å². The maximum Gasteiger partial charge on any atom is 0.237 e. The van der Waals surface area contributed by atoms with Crippen molar-refractivity contribution in [3.05, 3.63) is 113 Å². The second kappa shape index (κ2) is 8.11. The third-order valence-electron chi connectivity index (χ3n) is 5.69. The molecule has 0 aliphatic carbocycles. The molecule has 1 aliphatic rings. The van der Waals surface area contributed by atoms with Crippen LogP contribution in [0.15, 0.2) is 84.9 Å². The first-order chi connectivity index (χ1) is 14.5. The molecular formula is C27H25NO2. The number of hydrogen-bond acceptors (Lipinski definition) is 2. The molecule has 0 unspecified atom stereocenters. The third kappa shape index (κ3) is 3.71. The monoisotopic (exact) mass is 395 g/mol. The first kappa shape index (κ1) is 19.8. The van der Waals surface area contributed by atoms with Gasteiger partial charge in [-0.05, 0) is 50.1 Å². The summed E-state index contributed by atoms with van der Waals surface area (Å²) in [7, 11) is 0. The Balaban J connectivity index is 1.66. The SMILES string of the molecule is Cc1ccc([C@@H]2[C@@H](/C=C/C(=O)c3cccc(C)c3)C(=O)N2c2ccccc2C)cc1. The van der Waals surface area contributed by atoms with Crippen molar-refractivity contribution in [3.8, 4) is 0 Å². The fraction of sp³-hybridized carbons (Fsp3) is 0.185. The molecule has 2 atom stereocenters. The van der Waals surface area contributed by atoms with Crippen molar-refractivity contribution in [1.82, 2.24) is 0 Å². The summed E-state index contributed by atoms with van der Waals surface area (Å²) in [5.74, 6) is -0.423. The van der Waals surface area contributed by atoms with Crippen LogP contribution in [0.5, 0.6) is 0 Å². The Bertz CT molecular complexity index is 1130. The number of allylic oxidation sites excluding steroid dienone is 1. The summed E-state index contributed by atoms with van der Waals surface area (Å²) in [5, 5.41) is 0. The number of anilines is 1. The topological polar surface area (TPSA) is 37.4 Å². The minimum atomic E-state index is -0.360. The molecule has 150 valence electrons. The van der Waals surface area contributed by atoms with E-state index in [1.54, 1.807) is 18.2 Å². The highest BCUT2D eigenvalue weighted by molar-refractivity contribution is 6.08. The lowest BCUT2D eigenvalue weighted by Crippen LogP contribution is -2.54. The number of rotatable bonds is 5. The molecule has 3 aromatic carbocycles. The summed E-state index contributed by atoms with van der Waals surface area (Å²) >= 11 is 0. The molecule has 1 saturated heterocycles. The molecule has 1 fully saturated rings. The van der Waals surface area contributed by atoms with Crippen LogP contribution in [0.3, 0.4) is 0 Å². The molecule has 4 rings (SSSR count). The highest BCUT2D eigenvalue weighted by Crippen LogP contribution is 2.45. The van der Waals surface area contributed by atoms with Crippen LogP contribution in [0.1, 0.15) is 38.7 Å². The van der Waals surface area contributed by atoms with Crippen LogP contribution in [0.25, 0.3) is 0 Å². The number of aryl methyl sites for hydroxylation is 3. The van der Waals surface area contributed by atoms with E-state index in [1.807, 2.05) is 68.1 Å². The van der Waals surface area contributed by atoms with Crippen molar-refractivity contribution in [1.29, 1.82) is 0 Å². The number of carbonyl (C=O) groups excluding carboxylic acids is 2. The van der Waals surface area contributed by atoms with Crippen LogP contribution >= 0.6 is 0 Å². The number of amides is 1. The zero-order valence-electron chi connectivity index (χ0n) is 17.5. The molecule has 1 aliphatic heterocycles. The van der Waals surface area contributed by atoms with E-state index in [4.69, 9.17) is 0 Å². The second-order valence-corrected chi connectivity index (χ2v) is 7.97. The van der Waals surface area contributed by atoms with Gasteiger partial charge in [-0.25, -0.2) is 0 Å². The van der Waals surface area contributed by atoms with E-state index >= 15 is 0 Å². The average molecular weight is 396 g/mol. The number of nitrogens with zero attached hydrogens (tertiary/aromatic N) is 1. The Labute approximate surface area is 177 Å². The lowest BCUT2D eigenvalue weighted by atomic mass is 9.80. The molecule has 0 N–H and O–H groups in total. The number of para-hydroxylation sites is 1. The van der Waals surface area contributed by atoms with Gasteiger partial charge in [-0.2, -0.15) is 0 Å². The predicted molar refractivity (Wildman–Crippen MR) is 121 cm³/mol. The van der Waals surface area contributed by atoms with Gasteiger partial charge in [-0.15, -0.1) is 0 Å². The average Bonchev–Trinajstić information content (AvgIpc) is 2.74. The lowest BCUT2D eigenvalue weighted by molar-refractivity contribution is -0.128. The Morgan fingerprint density at radius 3 is 2.30 bits per heavy atom. The molecule has 1 heterocycles. The maximum absolute atomic E-state index is 13.1. The molecule has 3 nitrogen and oxygen atoms in total. The molecule has 30 heavy (non-hydrogen) atoms. The van der Waals surface area contributed by atoms with E-state index in [2.05, 4.69) is 24.3 Å². The van der Waals surface area contributed by atoms with Crippen molar-refractivity contribution in [2.75, 3.05) is 4.90 Å². The molecule has 1 amide bonds. The van der Waals surface area contributed by atoms with E-state index in [1.165, 1.54) is 5.56 Å². The Morgan fingerprint density at radius 2 is 1.60 bits per heavy atom. The van der Waals surface area contributed by atoms with Crippen LogP contribution < -0.4 is 4.90 Å². The summed E-state index contributed by atoms with van der Waals surface area (Å²) < 4.78 is 0. The number of hydrogen-bond donors (Lipinski definition) is 0. The number of carbonyl (C=O) groups is 2. The van der Waals surface area contributed by atoms with E-state index in [0.717, 1.165) is 22.4 Å². The number of ketones is 1. The molecule has 0 bridgehead atoms. The molecular weight excluding hydrogens is 370 g/mol. The number of β-lactam (4-membered cyclic amide) rings is 1. The fourth-order valence-electron chi connectivity index (χ4n) is 4.01. The number of benzene rings is 3. The zero-order valence-corrected chi connectivity index (χ0v) is 17.5. The highest BCUT2D eigenvalue weighted by atomic mass is 16.2. The Kier molecular flexibility index (Phi) is 5.37. The summed E-state index contributed by atoms with van der Waals surface area (Å²) in [6.07, 6.45) is 3.32. The van der Waals surface area contributed by atoms with Gasteiger partial charge in [-0.1, -0.05) is 77.9 Å². The minimum Gasteiger partial charge on any atom is -0.303 e. The van der Waals surface area contributed by atoms with Gasteiger partial charge in [0.05, 0.1) is 12.0 Å². The van der Waals surface area contributed by atoms with Crippen LogP contribution in [-0.2, 0) is 4.79 Å². The van der Waals surface area contributed by atoms with Crippen molar-refractivity contribution in [3.63, 3.8) is 0 Å². The van der Waals surface area contributed by atoms with Crippen molar-refractivity contribution >= 4 is 17.4 Å². The molecule has 3 aromatic rings. The highest BCUT2D eigenvalue weighted by Gasteiger charge is 2.47. The first-order valence-electron chi connectivity index (χ1n) is 10.2. The van der Waals surface area contributed by atoms with E-state index in [0.29, 0.717) is 5.56 Å². The van der Waals surface area contributed by atoms with Crippen LogP contribution in [0, 0.1) is 26.7 Å². The van der Waals surface area contributed by atoms with Crippen LogP contribution in [0.4, 0.5) is 5.69 Å². The third-order valence-corrected chi connectivity index (χ3v) is 5.69. The minimum absolute atomic E-state index is 0.0168. The lowest BCUT2D eigenvalue weighted by Gasteiger charge is -2.47.